The smallest absolute Gasteiger partial charge is 0.244 e. The van der Waals surface area contributed by atoms with Crippen LogP contribution >= 0.6 is 0 Å². The van der Waals surface area contributed by atoms with Crippen LogP contribution in [0.25, 0.3) is 6.08 Å². The lowest BCUT2D eigenvalue weighted by Crippen LogP contribution is -2.30. The van der Waals surface area contributed by atoms with Crippen molar-refractivity contribution in [1.82, 2.24) is 5.32 Å². The van der Waals surface area contributed by atoms with Crippen LogP contribution in [-0.2, 0) is 4.79 Å². The Labute approximate surface area is 176 Å². The number of rotatable bonds is 5. The number of nitrogens with one attached hydrogen (secondary N) is 1. The van der Waals surface area contributed by atoms with Crippen LogP contribution in [0.4, 0.5) is 0 Å². The second-order valence-electron chi connectivity index (χ2n) is 7.72. The molecule has 2 aliphatic heterocycles. The fourth-order valence-electron chi connectivity index (χ4n) is 3.55. The maximum atomic E-state index is 12.6. The molecule has 6 nitrogen and oxygen atoms in total. The Kier molecular flexibility index (Phi) is 6.12. The third-order valence-electron chi connectivity index (χ3n) is 5.09. The van der Waals surface area contributed by atoms with Crippen molar-refractivity contribution >= 4 is 12.0 Å². The van der Waals surface area contributed by atoms with E-state index >= 15 is 0 Å². The van der Waals surface area contributed by atoms with Gasteiger partial charge in [-0.2, -0.15) is 0 Å². The first kappa shape index (κ1) is 20.1. The molecule has 0 aromatic heterocycles. The van der Waals surface area contributed by atoms with Gasteiger partial charge in [-0.3, -0.25) is 4.79 Å². The highest BCUT2D eigenvalue weighted by Gasteiger charge is 2.21. The van der Waals surface area contributed by atoms with Crippen LogP contribution < -0.4 is 24.3 Å². The van der Waals surface area contributed by atoms with Crippen molar-refractivity contribution in [3.05, 3.63) is 53.6 Å². The summed E-state index contributed by atoms with van der Waals surface area (Å²) in [5, 5.41) is 3.10. The van der Waals surface area contributed by atoms with Crippen molar-refractivity contribution in [2.75, 3.05) is 26.4 Å². The normalized spacial score (nSPS) is 16.2. The van der Waals surface area contributed by atoms with E-state index in [9.17, 15) is 4.79 Å². The minimum absolute atomic E-state index is 0.137. The summed E-state index contributed by atoms with van der Waals surface area (Å²) in [6.45, 7) is 6.53. The van der Waals surface area contributed by atoms with Gasteiger partial charge in [-0.15, -0.1) is 0 Å². The predicted octanol–water partition coefficient (Wildman–Crippen LogP) is 4.15. The predicted molar refractivity (Wildman–Crippen MR) is 114 cm³/mol. The first-order valence-corrected chi connectivity index (χ1v) is 10.4. The van der Waals surface area contributed by atoms with Crippen molar-refractivity contribution in [3.8, 4) is 23.0 Å². The van der Waals surface area contributed by atoms with Gasteiger partial charge < -0.3 is 24.3 Å². The molecule has 0 aliphatic carbocycles. The topological polar surface area (TPSA) is 66.0 Å². The van der Waals surface area contributed by atoms with Crippen LogP contribution in [0.5, 0.6) is 23.0 Å². The molecular formula is C24H27NO5. The summed E-state index contributed by atoms with van der Waals surface area (Å²) in [6.07, 6.45) is 4.19. The standard InChI is InChI=1S/C24H27NO5/c1-16(2)24(18-6-8-20-22(15-18)30-13-12-29-20)25-23(26)9-5-17-4-7-19-21(14-17)28-11-3-10-27-19/h4-9,14-16,24H,3,10-13H2,1-2H3,(H,25,26)/b9-5+/t24-/m0/s1. The van der Waals surface area contributed by atoms with Crippen LogP contribution in [0.2, 0.25) is 0 Å². The molecule has 1 amide bonds. The fraction of sp³-hybridized carbons (Fsp3) is 0.375. The van der Waals surface area contributed by atoms with Gasteiger partial charge in [0, 0.05) is 12.5 Å². The number of fused-ring (bicyclic) bond motifs is 2. The zero-order chi connectivity index (χ0) is 20.9. The molecule has 2 aliphatic rings. The molecule has 0 saturated carbocycles. The van der Waals surface area contributed by atoms with Crippen molar-refractivity contribution in [2.24, 2.45) is 5.92 Å². The summed E-state index contributed by atoms with van der Waals surface area (Å²) in [4.78, 5) is 12.6. The number of carbonyl (C=O) groups is 1. The highest BCUT2D eigenvalue weighted by molar-refractivity contribution is 5.92. The highest BCUT2D eigenvalue weighted by atomic mass is 16.6. The zero-order valence-electron chi connectivity index (χ0n) is 17.4. The second kappa shape index (κ2) is 9.11. The summed E-state index contributed by atoms with van der Waals surface area (Å²) in [7, 11) is 0. The second-order valence-corrected chi connectivity index (χ2v) is 7.72. The first-order chi connectivity index (χ1) is 14.6. The van der Waals surface area contributed by atoms with Gasteiger partial charge in [-0.05, 0) is 47.4 Å². The van der Waals surface area contributed by atoms with E-state index < -0.39 is 0 Å². The van der Waals surface area contributed by atoms with E-state index in [4.69, 9.17) is 18.9 Å². The quantitative estimate of drug-likeness (QED) is 0.752. The molecule has 158 valence electrons. The number of ether oxygens (including phenoxy) is 4. The van der Waals surface area contributed by atoms with E-state index in [-0.39, 0.29) is 17.9 Å². The van der Waals surface area contributed by atoms with Crippen LogP contribution in [0.1, 0.15) is 37.4 Å². The molecule has 0 spiro atoms. The molecular weight excluding hydrogens is 382 g/mol. The maximum Gasteiger partial charge on any atom is 0.244 e. The number of hydrogen-bond acceptors (Lipinski definition) is 5. The molecule has 0 unspecified atom stereocenters. The summed E-state index contributed by atoms with van der Waals surface area (Å²) >= 11 is 0. The molecule has 1 N–H and O–H groups in total. The largest absolute Gasteiger partial charge is 0.490 e. The van der Waals surface area contributed by atoms with Gasteiger partial charge in [0.25, 0.3) is 0 Å². The van der Waals surface area contributed by atoms with Crippen molar-refractivity contribution in [3.63, 3.8) is 0 Å². The van der Waals surface area contributed by atoms with Crippen LogP contribution in [0.15, 0.2) is 42.5 Å². The lowest BCUT2D eigenvalue weighted by atomic mass is 9.95. The van der Waals surface area contributed by atoms with Crippen LogP contribution in [-0.4, -0.2) is 32.3 Å². The van der Waals surface area contributed by atoms with Crippen LogP contribution in [0, 0.1) is 5.92 Å². The van der Waals surface area contributed by atoms with Crippen molar-refractivity contribution < 1.29 is 23.7 Å². The van der Waals surface area contributed by atoms with Crippen molar-refractivity contribution in [2.45, 2.75) is 26.3 Å². The molecule has 2 heterocycles. The van der Waals surface area contributed by atoms with Gasteiger partial charge in [0.1, 0.15) is 13.2 Å². The summed E-state index contributed by atoms with van der Waals surface area (Å²) < 4.78 is 22.6. The van der Waals surface area contributed by atoms with Gasteiger partial charge in [-0.25, -0.2) is 0 Å². The third kappa shape index (κ3) is 4.70. The molecule has 2 aromatic rings. The fourth-order valence-corrected chi connectivity index (χ4v) is 3.55. The Bertz CT molecular complexity index is 937. The molecule has 30 heavy (non-hydrogen) atoms. The van der Waals surface area contributed by atoms with Gasteiger partial charge in [0.15, 0.2) is 23.0 Å². The summed E-state index contributed by atoms with van der Waals surface area (Å²) in [6, 6.07) is 11.4. The number of benzene rings is 2. The monoisotopic (exact) mass is 409 g/mol. The molecule has 6 heteroatoms. The minimum atomic E-state index is -0.157. The van der Waals surface area contributed by atoms with E-state index in [0.29, 0.717) is 32.2 Å². The average Bonchev–Trinajstić information content (AvgIpc) is 3.00. The molecule has 0 radical (unpaired) electrons. The molecule has 2 aromatic carbocycles. The highest BCUT2D eigenvalue weighted by Crippen LogP contribution is 2.34. The van der Waals surface area contributed by atoms with E-state index in [1.165, 1.54) is 0 Å². The summed E-state index contributed by atoms with van der Waals surface area (Å²) in [5.41, 5.74) is 1.88. The van der Waals surface area contributed by atoms with Gasteiger partial charge >= 0.3 is 0 Å². The Balaban J connectivity index is 1.45. The van der Waals surface area contributed by atoms with E-state index in [2.05, 4.69) is 19.2 Å². The Morgan fingerprint density at radius 1 is 0.867 bits per heavy atom. The number of hydrogen-bond donors (Lipinski definition) is 1. The average molecular weight is 409 g/mol. The molecule has 0 saturated heterocycles. The molecule has 4 rings (SSSR count). The van der Waals surface area contributed by atoms with Crippen LogP contribution in [0.3, 0.4) is 0 Å². The molecule has 0 bridgehead atoms. The van der Waals surface area contributed by atoms with Gasteiger partial charge in [0.2, 0.25) is 5.91 Å². The molecule has 1 atom stereocenters. The SMILES string of the molecule is CC(C)[C@H](NC(=O)/C=C/c1ccc2c(c1)OCCCO2)c1ccc2c(c1)OCCO2. The lowest BCUT2D eigenvalue weighted by molar-refractivity contribution is -0.117. The zero-order valence-corrected chi connectivity index (χ0v) is 17.4. The first-order valence-electron chi connectivity index (χ1n) is 10.4. The van der Waals surface area contributed by atoms with E-state index in [1.54, 1.807) is 12.2 Å². The Morgan fingerprint density at radius 2 is 1.50 bits per heavy atom. The minimum Gasteiger partial charge on any atom is -0.490 e. The van der Waals surface area contributed by atoms with Gasteiger partial charge in [-0.1, -0.05) is 26.0 Å². The Hall–Kier alpha value is -3.15. The van der Waals surface area contributed by atoms with E-state index in [0.717, 1.165) is 34.8 Å². The maximum absolute atomic E-state index is 12.6. The summed E-state index contributed by atoms with van der Waals surface area (Å²) in [5.74, 6) is 2.98. The lowest BCUT2D eigenvalue weighted by Gasteiger charge is -2.25. The number of carbonyl (C=O) groups excluding carboxylic acids is 1. The number of amides is 1. The van der Waals surface area contributed by atoms with Gasteiger partial charge in [0.05, 0.1) is 19.3 Å². The third-order valence-corrected chi connectivity index (χ3v) is 5.09. The van der Waals surface area contributed by atoms with E-state index in [1.807, 2.05) is 36.4 Å². The Morgan fingerprint density at radius 3 is 2.27 bits per heavy atom. The molecule has 0 fully saturated rings. The van der Waals surface area contributed by atoms with Crippen molar-refractivity contribution in [1.29, 1.82) is 0 Å².